The lowest BCUT2D eigenvalue weighted by Gasteiger charge is -2.40. The molecule has 9 heteroatoms. The Morgan fingerprint density at radius 2 is 1.89 bits per heavy atom. The van der Waals surface area contributed by atoms with Crippen LogP contribution in [0.4, 0.5) is 14.5 Å². The summed E-state index contributed by atoms with van der Waals surface area (Å²) in [5.41, 5.74) is 4.74. The highest BCUT2D eigenvalue weighted by Crippen LogP contribution is 2.46. The van der Waals surface area contributed by atoms with E-state index >= 15 is 0 Å². The zero-order valence-corrected chi connectivity index (χ0v) is 19.9. The van der Waals surface area contributed by atoms with Gasteiger partial charge in [0, 0.05) is 49.3 Å². The molecule has 0 saturated carbocycles. The summed E-state index contributed by atoms with van der Waals surface area (Å²) in [6, 6.07) is 13.2. The van der Waals surface area contributed by atoms with Gasteiger partial charge in [0.1, 0.15) is 12.0 Å². The van der Waals surface area contributed by atoms with Crippen molar-refractivity contribution in [3.05, 3.63) is 82.9 Å². The molecule has 3 aliphatic rings. The standard InChI is InChI=1S/C26H26F2N4O2S/c27-19-6-4-17(5-7-19)26-23-14-29-30-25(23)12-18-8-11-32(16-24(18)26)35(33,34)22-3-1-2-21(13-22)31-10-9-20(28)15-31/h1-7,12-14,20,24,26H,8-11,15-16H2,(H,29,30)/t20-,24?,26?/m1/s1. The molecule has 0 bridgehead atoms. The van der Waals surface area contributed by atoms with E-state index < -0.39 is 16.2 Å². The number of benzene rings is 2. The van der Waals surface area contributed by atoms with Crippen LogP contribution in [0.1, 0.15) is 35.6 Å². The molecular formula is C26H26F2N4O2S. The van der Waals surface area contributed by atoms with Gasteiger partial charge >= 0.3 is 0 Å². The number of hydrogen-bond donors (Lipinski definition) is 1. The zero-order valence-electron chi connectivity index (χ0n) is 19.1. The number of nitrogens with one attached hydrogen (secondary N) is 1. The number of sulfonamides is 1. The highest BCUT2D eigenvalue weighted by molar-refractivity contribution is 7.89. The number of hydrogen-bond acceptors (Lipinski definition) is 4. The average Bonchev–Trinajstić information content (AvgIpc) is 3.52. The Labute approximate surface area is 203 Å². The van der Waals surface area contributed by atoms with Gasteiger partial charge in [0.2, 0.25) is 10.0 Å². The van der Waals surface area contributed by atoms with Crippen molar-refractivity contribution >= 4 is 21.8 Å². The highest BCUT2D eigenvalue weighted by atomic mass is 32.2. The fraction of sp³-hybridized carbons (Fsp3) is 0.346. The molecule has 2 unspecified atom stereocenters. The molecule has 35 heavy (non-hydrogen) atoms. The van der Waals surface area contributed by atoms with E-state index in [1.807, 2.05) is 11.0 Å². The summed E-state index contributed by atoms with van der Waals surface area (Å²) < 4.78 is 56.4. The van der Waals surface area contributed by atoms with Crippen molar-refractivity contribution in [3.8, 4) is 0 Å². The summed E-state index contributed by atoms with van der Waals surface area (Å²) in [4.78, 5) is 2.12. The van der Waals surface area contributed by atoms with Crippen LogP contribution in [-0.4, -0.2) is 55.3 Å². The van der Waals surface area contributed by atoms with E-state index in [1.165, 1.54) is 17.7 Å². The third-order valence-electron chi connectivity index (χ3n) is 7.47. The third kappa shape index (κ3) is 3.96. The van der Waals surface area contributed by atoms with E-state index in [2.05, 4.69) is 16.3 Å². The second-order valence-electron chi connectivity index (χ2n) is 9.54. The Bertz CT molecular complexity index is 1390. The molecule has 2 fully saturated rings. The van der Waals surface area contributed by atoms with E-state index in [4.69, 9.17) is 0 Å². The predicted octanol–water partition coefficient (Wildman–Crippen LogP) is 4.34. The zero-order chi connectivity index (χ0) is 24.2. The Morgan fingerprint density at radius 1 is 1.06 bits per heavy atom. The molecule has 0 spiro atoms. The topological polar surface area (TPSA) is 69.3 Å². The highest BCUT2D eigenvalue weighted by Gasteiger charge is 2.41. The number of anilines is 1. The van der Waals surface area contributed by atoms with Crippen molar-refractivity contribution in [2.45, 2.75) is 29.8 Å². The Hall–Kier alpha value is -3.04. The van der Waals surface area contributed by atoms with Gasteiger partial charge in [-0.25, -0.2) is 17.2 Å². The van der Waals surface area contributed by atoms with Gasteiger partial charge in [0.25, 0.3) is 0 Å². The monoisotopic (exact) mass is 496 g/mol. The number of H-pyrrole nitrogens is 1. The second kappa shape index (κ2) is 8.57. The molecule has 6 nitrogen and oxygen atoms in total. The van der Waals surface area contributed by atoms with Gasteiger partial charge in [-0.1, -0.05) is 23.8 Å². The molecule has 0 amide bonds. The van der Waals surface area contributed by atoms with E-state index in [0.29, 0.717) is 32.5 Å². The van der Waals surface area contributed by atoms with Crippen LogP contribution in [0.25, 0.3) is 6.08 Å². The Balaban J connectivity index is 1.32. The second-order valence-corrected chi connectivity index (χ2v) is 11.5. The van der Waals surface area contributed by atoms with Gasteiger partial charge in [-0.05, 0) is 54.8 Å². The molecule has 2 aromatic carbocycles. The summed E-state index contributed by atoms with van der Waals surface area (Å²) in [5.74, 6) is -0.513. The lowest BCUT2D eigenvalue weighted by Crippen LogP contribution is -2.43. The first kappa shape index (κ1) is 22.4. The van der Waals surface area contributed by atoms with Crippen molar-refractivity contribution in [2.24, 2.45) is 5.92 Å². The van der Waals surface area contributed by atoms with E-state index in [0.717, 1.165) is 22.5 Å². The van der Waals surface area contributed by atoms with Gasteiger partial charge in [-0.15, -0.1) is 0 Å². The number of piperidine rings is 1. The van der Waals surface area contributed by atoms with Crippen molar-refractivity contribution in [2.75, 3.05) is 31.1 Å². The van der Waals surface area contributed by atoms with Gasteiger partial charge < -0.3 is 4.90 Å². The van der Waals surface area contributed by atoms with Crippen LogP contribution in [0.5, 0.6) is 0 Å². The number of aromatic nitrogens is 2. The number of rotatable bonds is 4. The maximum atomic E-state index is 13.7. The summed E-state index contributed by atoms with van der Waals surface area (Å²) in [6.45, 7) is 1.57. The molecular weight excluding hydrogens is 470 g/mol. The average molecular weight is 497 g/mol. The maximum Gasteiger partial charge on any atom is 0.243 e. The van der Waals surface area contributed by atoms with Crippen LogP contribution in [0.3, 0.4) is 0 Å². The first-order chi connectivity index (χ1) is 16.9. The molecule has 1 aliphatic carbocycles. The lowest BCUT2D eigenvalue weighted by molar-refractivity contribution is 0.306. The Kier molecular flexibility index (Phi) is 5.49. The SMILES string of the molecule is O=S(=O)(c1cccc(N2CC[C@@H](F)C2)c1)N1CCC2=Cc3[nH]ncc3C(c3ccc(F)cc3)C2C1. The fourth-order valence-corrected chi connectivity index (χ4v) is 7.19. The first-order valence-corrected chi connectivity index (χ1v) is 13.3. The van der Waals surface area contributed by atoms with Crippen LogP contribution in [0, 0.1) is 11.7 Å². The van der Waals surface area contributed by atoms with Crippen LogP contribution >= 0.6 is 0 Å². The van der Waals surface area contributed by atoms with E-state index in [1.54, 1.807) is 40.8 Å². The summed E-state index contributed by atoms with van der Waals surface area (Å²) >= 11 is 0. The number of fused-ring (bicyclic) bond motifs is 2. The summed E-state index contributed by atoms with van der Waals surface area (Å²) in [5, 5.41) is 7.26. The number of aromatic amines is 1. The molecule has 3 atom stereocenters. The van der Waals surface area contributed by atoms with Crippen molar-refractivity contribution < 1.29 is 17.2 Å². The van der Waals surface area contributed by atoms with Gasteiger partial charge in [-0.2, -0.15) is 9.40 Å². The number of halogens is 2. The van der Waals surface area contributed by atoms with Crippen LogP contribution in [0.2, 0.25) is 0 Å². The number of nitrogens with zero attached hydrogens (tertiary/aromatic N) is 3. The van der Waals surface area contributed by atoms with Crippen molar-refractivity contribution in [1.82, 2.24) is 14.5 Å². The molecule has 2 aliphatic heterocycles. The minimum absolute atomic E-state index is 0.0804. The smallest absolute Gasteiger partial charge is 0.243 e. The van der Waals surface area contributed by atoms with Crippen LogP contribution in [-0.2, 0) is 10.0 Å². The number of alkyl halides is 1. The van der Waals surface area contributed by atoms with Gasteiger partial charge in [0.15, 0.2) is 0 Å². The maximum absolute atomic E-state index is 13.7. The molecule has 1 N–H and O–H groups in total. The van der Waals surface area contributed by atoms with Gasteiger partial charge in [-0.3, -0.25) is 5.10 Å². The molecule has 6 rings (SSSR count). The van der Waals surface area contributed by atoms with E-state index in [-0.39, 0.29) is 29.1 Å². The molecule has 2 saturated heterocycles. The molecule has 0 radical (unpaired) electrons. The molecule has 1 aromatic heterocycles. The lowest BCUT2D eigenvalue weighted by atomic mass is 9.71. The normalized spacial score (nSPS) is 24.7. The minimum Gasteiger partial charge on any atom is -0.368 e. The first-order valence-electron chi connectivity index (χ1n) is 11.9. The molecule has 3 aromatic rings. The van der Waals surface area contributed by atoms with E-state index in [9.17, 15) is 17.2 Å². The van der Waals surface area contributed by atoms with Crippen LogP contribution in [0.15, 0.2) is 65.2 Å². The van der Waals surface area contributed by atoms with Crippen LogP contribution < -0.4 is 4.90 Å². The fourth-order valence-electron chi connectivity index (χ4n) is 5.68. The quantitative estimate of drug-likeness (QED) is 0.584. The molecule has 3 heterocycles. The van der Waals surface area contributed by atoms with Gasteiger partial charge in [0.05, 0.1) is 16.8 Å². The minimum atomic E-state index is -3.75. The largest absolute Gasteiger partial charge is 0.368 e. The van der Waals surface area contributed by atoms with Crippen molar-refractivity contribution in [3.63, 3.8) is 0 Å². The summed E-state index contributed by atoms with van der Waals surface area (Å²) in [6.07, 6.45) is 4.04. The predicted molar refractivity (Wildman–Crippen MR) is 130 cm³/mol. The summed E-state index contributed by atoms with van der Waals surface area (Å²) in [7, 11) is -3.75. The molecule has 182 valence electrons. The Morgan fingerprint density at radius 3 is 2.66 bits per heavy atom. The third-order valence-corrected chi connectivity index (χ3v) is 9.33. The van der Waals surface area contributed by atoms with Crippen molar-refractivity contribution in [1.29, 1.82) is 0 Å².